The first-order chi connectivity index (χ1) is 14.3. The van der Waals surface area contributed by atoms with Crippen molar-refractivity contribution in [1.29, 1.82) is 0 Å². The zero-order valence-electron chi connectivity index (χ0n) is 17.8. The molecule has 1 fully saturated rings. The Labute approximate surface area is 182 Å². The van der Waals surface area contributed by atoms with Crippen LogP contribution in [0.5, 0.6) is 0 Å². The number of rotatable bonds is 10. The van der Waals surface area contributed by atoms with Gasteiger partial charge in [-0.2, -0.15) is 0 Å². The number of carbonyl (C=O) groups excluding carboxylic acids is 2. The fraction of sp³-hybridized carbons (Fsp3) is 0.545. The molecule has 1 aliphatic heterocycles. The van der Waals surface area contributed by atoms with Crippen LogP contribution in [-0.2, 0) is 14.3 Å². The number of esters is 1. The van der Waals surface area contributed by atoms with Crippen LogP contribution in [0.3, 0.4) is 0 Å². The van der Waals surface area contributed by atoms with Crippen LogP contribution in [0, 0.1) is 16.0 Å². The fourth-order valence-corrected chi connectivity index (χ4v) is 4.58. The number of nitro groups is 1. The number of ether oxygens (including phenoxy) is 1. The van der Waals surface area contributed by atoms with E-state index in [1.807, 2.05) is 13.8 Å². The zero-order chi connectivity index (χ0) is 22.1. The van der Waals surface area contributed by atoms with Crippen LogP contribution in [-0.4, -0.2) is 45.5 Å². The van der Waals surface area contributed by atoms with Crippen molar-refractivity contribution < 1.29 is 19.2 Å². The van der Waals surface area contributed by atoms with Crippen molar-refractivity contribution in [2.45, 2.75) is 57.9 Å². The molecule has 0 saturated carbocycles. The number of nitrogens with zero attached hydrogens (tertiary/aromatic N) is 2. The lowest BCUT2D eigenvalue weighted by molar-refractivity contribution is -0.384. The highest BCUT2D eigenvalue weighted by Gasteiger charge is 2.41. The maximum Gasteiger partial charge on any atom is 0.329 e. The maximum atomic E-state index is 13.0. The molecule has 8 heteroatoms. The Morgan fingerprint density at radius 3 is 2.60 bits per heavy atom. The summed E-state index contributed by atoms with van der Waals surface area (Å²) in [5.74, 6) is 0.164. The number of thioether (sulfide) groups is 1. The number of non-ortho nitro benzene ring substituents is 1. The SMILES string of the molecule is CCCCCC1SCC(C(=O)OCC(C)C)N1C(=O)/C=C/c1ccc([N+](=O)[O-])cc1. The molecule has 0 aliphatic carbocycles. The molecule has 7 nitrogen and oxygen atoms in total. The van der Waals surface area contributed by atoms with Gasteiger partial charge in [-0.3, -0.25) is 14.9 Å². The summed E-state index contributed by atoms with van der Waals surface area (Å²) in [5, 5.41) is 10.7. The lowest BCUT2D eigenvalue weighted by atomic mass is 10.1. The molecule has 1 aliphatic rings. The first kappa shape index (κ1) is 23.9. The standard InChI is InChI=1S/C22H30N2O5S/c1-4-5-6-7-21-23(19(15-30-21)22(26)29-14-16(2)3)20(25)13-10-17-8-11-18(12-9-17)24(27)28/h8-13,16,19,21H,4-7,14-15H2,1-3H3/b13-10+. The van der Waals surface area contributed by atoms with E-state index >= 15 is 0 Å². The second-order valence-corrected chi connectivity index (χ2v) is 8.96. The average molecular weight is 435 g/mol. The molecular formula is C22H30N2O5S. The van der Waals surface area contributed by atoms with Gasteiger partial charge in [0, 0.05) is 24.0 Å². The number of nitro benzene ring substituents is 1. The number of carbonyl (C=O) groups is 2. The summed E-state index contributed by atoms with van der Waals surface area (Å²) >= 11 is 1.62. The zero-order valence-corrected chi connectivity index (χ0v) is 18.6. The molecule has 0 bridgehead atoms. The molecule has 30 heavy (non-hydrogen) atoms. The van der Waals surface area contributed by atoms with Gasteiger partial charge in [0.25, 0.3) is 5.69 Å². The van der Waals surface area contributed by atoms with Gasteiger partial charge in [0.05, 0.1) is 16.9 Å². The number of benzene rings is 1. The summed E-state index contributed by atoms with van der Waals surface area (Å²) in [6, 6.07) is 5.39. The van der Waals surface area contributed by atoms with Crippen molar-refractivity contribution in [3.05, 3.63) is 46.0 Å². The van der Waals surface area contributed by atoms with Gasteiger partial charge in [-0.1, -0.05) is 40.0 Å². The van der Waals surface area contributed by atoms with Gasteiger partial charge in [0.2, 0.25) is 5.91 Å². The van der Waals surface area contributed by atoms with Crippen LogP contribution >= 0.6 is 11.8 Å². The number of hydrogen-bond donors (Lipinski definition) is 0. The summed E-state index contributed by atoms with van der Waals surface area (Å²) in [7, 11) is 0. The molecule has 1 saturated heterocycles. The van der Waals surface area contributed by atoms with Crippen LogP contribution in [0.2, 0.25) is 0 Å². The second kappa shape index (κ2) is 11.7. The normalized spacial score (nSPS) is 18.9. The van der Waals surface area contributed by atoms with E-state index in [0.717, 1.165) is 25.7 Å². The van der Waals surface area contributed by atoms with E-state index < -0.39 is 11.0 Å². The highest BCUT2D eigenvalue weighted by atomic mass is 32.2. The first-order valence-electron chi connectivity index (χ1n) is 10.4. The Morgan fingerprint density at radius 2 is 2.00 bits per heavy atom. The van der Waals surface area contributed by atoms with Crippen LogP contribution < -0.4 is 0 Å². The summed E-state index contributed by atoms with van der Waals surface area (Å²) in [4.78, 5) is 37.6. The number of unbranched alkanes of at least 4 members (excludes halogenated alkanes) is 2. The van der Waals surface area contributed by atoms with Crippen molar-refractivity contribution in [3.8, 4) is 0 Å². The molecular weight excluding hydrogens is 404 g/mol. The van der Waals surface area contributed by atoms with E-state index in [1.54, 1.807) is 34.9 Å². The molecule has 2 rings (SSSR count). The highest BCUT2D eigenvalue weighted by Crippen LogP contribution is 2.33. The number of amides is 1. The van der Waals surface area contributed by atoms with Crippen molar-refractivity contribution in [2.24, 2.45) is 5.92 Å². The predicted molar refractivity (Wildman–Crippen MR) is 119 cm³/mol. The number of hydrogen-bond acceptors (Lipinski definition) is 6. The second-order valence-electron chi connectivity index (χ2n) is 7.75. The minimum atomic E-state index is -0.589. The molecule has 0 N–H and O–H groups in total. The van der Waals surface area contributed by atoms with Crippen molar-refractivity contribution >= 4 is 35.4 Å². The van der Waals surface area contributed by atoms with Crippen LogP contribution in [0.15, 0.2) is 30.3 Å². The topological polar surface area (TPSA) is 89.8 Å². The maximum absolute atomic E-state index is 13.0. The molecule has 2 unspecified atom stereocenters. The molecule has 1 heterocycles. The Hall–Kier alpha value is -2.35. The predicted octanol–water partition coefficient (Wildman–Crippen LogP) is 4.66. The van der Waals surface area contributed by atoms with E-state index in [1.165, 1.54) is 18.2 Å². The quantitative estimate of drug-likeness (QED) is 0.175. The van der Waals surface area contributed by atoms with Gasteiger partial charge in [0.1, 0.15) is 6.04 Å². The fourth-order valence-electron chi connectivity index (χ4n) is 3.14. The van der Waals surface area contributed by atoms with Gasteiger partial charge < -0.3 is 9.64 Å². The summed E-state index contributed by atoms with van der Waals surface area (Å²) in [5.41, 5.74) is 0.681. The van der Waals surface area contributed by atoms with E-state index in [-0.39, 0.29) is 28.9 Å². The molecule has 164 valence electrons. The Morgan fingerprint density at radius 1 is 1.30 bits per heavy atom. The molecule has 1 aromatic rings. The van der Waals surface area contributed by atoms with E-state index in [0.29, 0.717) is 17.9 Å². The lowest BCUT2D eigenvalue weighted by Gasteiger charge is -2.27. The van der Waals surface area contributed by atoms with Gasteiger partial charge in [-0.25, -0.2) is 4.79 Å². The average Bonchev–Trinajstić information content (AvgIpc) is 3.14. The molecule has 0 radical (unpaired) electrons. The third-order valence-corrected chi connectivity index (χ3v) is 6.11. The van der Waals surface area contributed by atoms with Crippen molar-refractivity contribution in [1.82, 2.24) is 4.90 Å². The van der Waals surface area contributed by atoms with E-state index in [4.69, 9.17) is 4.74 Å². The third kappa shape index (κ3) is 6.86. The van der Waals surface area contributed by atoms with Gasteiger partial charge in [-0.05, 0) is 36.1 Å². The van der Waals surface area contributed by atoms with Gasteiger partial charge in [-0.15, -0.1) is 11.8 Å². The Bertz CT molecular complexity index is 763. The smallest absolute Gasteiger partial charge is 0.329 e. The van der Waals surface area contributed by atoms with Crippen LogP contribution in [0.1, 0.15) is 52.0 Å². The Balaban J connectivity index is 2.12. The molecule has 2 atom stereocenters. The molecule has 1 aromatic carbocycles. The largest absolute Gasteiger partial charge is 0.464 e. The van der Waals surface area contributed by atoms with Crippen molar-refractivity contribution in [3.63, 3.8) is 0 Å². The molecule has 0 spiro atoms. The lowest BCUT2D eigenvalue weighted by Crippen LogP contribution is -2.45. The Kier molecular flexibility index (Phi) is 9.36. The molecule has 1 amide bonds. The van der Waals surface area contributed by atoms with E-state index in [2.05, 4.69) is 6.92 Å². The van der Waals surface area contributed by atoms with Gasteiger partial charge in [0.15, 0.2) is 0 Å². The monoisotopic (exact) mass is 434 g/mol. The van der Waals surface area contributed by atoms with Gasteiger partial charge >= 0.3 is 5.97 Å². The van der Waals surface area contributed by atoms with Crippen molar-refractivity contribution in [2.75, 3.05) is 12.4 Å². The summed E-state index contributed by atoms with van der Waals surface area (Å²) in [6.45, 7) is 6.41. The van der Waals surface area contributed by atoms with Crippen LogP contribution in [0.25, 0.3) is 6.08 Å². The summed E-state index contributed by atoms with van der Waals surface area (Å²) in [6.07, 6.45) is 7.06. The highest BCUT2D eigenvalue weighted by molar-refractivity contribution is 8.00. The third-order valence-electron chi connectivity index (χ3n) is 4.75. The minimum Gasteiger partial charge on any atom is -0.464 e. The minimum absolute atomic E-state index is 0.00151. The summed E-state index contributed by atoms with van der Waals surface area (Å²) < 4.78 is 5.41. The van der Waals surface area contributed by atoms with E-state index in [9.17, 15) is 19.7 Å². The molecule has 0 aromatic heterocycles. The van der Waals surface area contributed by atoms with Crippen LogP contribution in [0.4, 0.5) is 5.69 Å². The first-order valence-corrected chi connectivity index (χ1v) is 11.4.